The Morgan fingerprint density at radius 3 is 2.31 bits per heavy atom. The molecular weight excluding hydrogens is 428 g/mol. The summed E-state index contributed by atoms with van der Waals surface area (Å²) in [4.78, 5) is 17.1. The lowest BCUT2D eigenvalue weighted by molar-refractivity contribution is -0.0294. The van der Waals surface area contributed by atoms with E-state index in [-0.39, 0.29) is 12.1 Å². The van der Waals surface area contributed by atoms with Crippen molar-refractivity contribution in [1.29, 1.82) is 0 Å². The third kappa shape index (κ3) is 6.01. The van der Waals surface area contributed by atoms with Gasteiger partial charge in [-0.05, 0) is 37.8 Å². The maximum atomic E-state index is 13.2. The molecule has 0 aromatic heterocycles. The number of ether oxygens (including phenoxy) is 1. The molecule has 1 aromatic rings. The lowest BCUT2D eigenvalue weighted by atomic mass is 10.1. The van der Waals surface area contributed by atoms with Gasteiger partial charge in [-0.2, -0.15) is 4.31 Å². The molecule has 1 atom stereocenters. The van der Waals surface area contributed by atoms with E-state index in [0.717, 1.165) is 36.3 Å². The molecule has 1 aromatic carbocycles. The Kier molecular flexibility index (Phi) is 8.19. The lowest BCUT2D eigenvalue weighted by Gasteiger charge is -2.36. The third-order valence-electron chi connectivity index (χ3n) is 6.06. The number of carbonyl (C=O) groups excluding carboxylic acids is 1. The molecule has 2 amide bonds. The summed E-state index contributed by atoms with van der Waals surface area (Å²) in [6.45, 7) is 15.3. The number of rotatable bonds is 6. The van der Waals surface area contributed by atoms with Gasteiger partial charge >= 0.3 is 6.03 Å². The van der Waals surface area contributed by atoms with Crippen molar-refractivity contribution in [3.05, 3.63) is 28.8 Å². The van der Waals surface area contributed by atoms with Crippen molar-refractivity contribution in [3.63, 3.8) is 0 Å². The Hall–Kier alpha value is -1.68. The number of urea groups is 1. The molecule has 1 N–H and O–H groups in total. The molecule has 0 aliphatic carbocycles. The second kappa shape index (κ2) is 10.5. The third-order valence-corrected chi connectivity index (χ3v) is 8.26. The summed E-state index contributed by atoms with van der Waals surface area (Å²) in [6, 6.07) is 3.65. The van der Waals surface area contributed by atoms with Gasteiger partial charge in [-0.1, -0.05) is 31.5 Å². The van der Waals surface area contributed by atoms with Crippen LogP contribution in [0.4, 0.5) is 4.79 Å². The van der Waals surface area contributed by atoms with Crippen LogP contribution in [-0.4, -0.2) is 93.6 Å². The number of benzene rings is 1. The first kappa shape index (κ1) is 25.0. The molecule has 8 nitrogen and oxygen atoms in total. The highest BCUT2D eigenvalue weighted by Crippen LogP contribution is 2.26. The standard InChI is InChI=1S/C23H38N4O4S/c1-17(2)15-25-10-11-31-21(16-25)14-24-23(28)26-6-8-27(9-7-26)32(29,30)22-19(4)12-18(3)13-20(22)5/h12-13,17,21H,6-11,14-16H2,1-5H3,(H,24,28). The van der Waals surface area contributed by atoms with Gasteiger partial charge in [0.05, 0.1) is 17.6 Å². The fraction of sp³-hybridized carbons (Fsp3) is 0.696. The first-order chi connectivity index (χ1) is 15.1. The number of morpholine rings is 1. The minimum Gasteiger partial charge on any atom is -0.374 e. The topological polar surface area (TPSA) is 82.2 Å². The number of aryl methyl sites for hydroxylation is 3. The maximum Gasteiger partial charge on any atom is 0.317 e. The van der Waals surface area contributed by atoms with Gasteiger partial charge in [0, 0.05) is 52.4 Å². The molecule has 3 rings (SSSR count). The van der Waals surface area contributed by atoms with Crippen LogP contribution in [0.1, 0.15) is 30.5 Å². The molecule has 2 fully saturated rings. The van der Waals surface area contributed by atoms with Gasteiger partial charge < -0.3 is 15.0 Å². The van der Waals surface area contributed by atoms with E-state index in [1.54, 1.807) is 4.90 Å². The van der Waals surface area contributed by atoms with Gasteiger partial charge in [0.2, 0.25) is 10.0 Å². The van der Waals surface area contributed by atoms with E-state index in [1.165, 1.54) is 4.31 Å². The van der Waals surface area contributed by atoms with E-state index in [0.29, 0.717) is 50.1 Å². The number of sulfonamides is 1. The van der Waals surface area contributed by atoms with Crippen LogP contribution in [0.5, 0.6) is 0 Å². The Balaban J connectivity index is 1.51. The van der Waals surface area contributed by atoms with E-state index >= 15 is 0 Å². The quantitative estimate of drug-likeness (QED) is 0.693. The van der Waals surface area contributed by atoms with Gasteiger partial charge in [-0.3, -0.25) is 4.90 Å². The predicted octanol–water partition coefficient (Wildman–Crippen LogP) is 1.98. The second-order valence-electron chi connectivity index (χ2n) is 9.45. The van der Waals surface area contributed by atoms with Crippen molar-refractivity contribution >= 4 is 16.1 Å². The van der Waals surface area contributed by atoms with Crippen molar-refractivity contribution in [1.82, 2.24) is 19.4 Å². The molecule has 2 aliphatic heterocycles. The first-order valence-electron chi connectivity index (χ1n) is 11.5. The van der Waals surface area contributed by atoms with Crippen LogP contribution in [-0.2, 0) is 14.8 Å². The van der Waals surface area contributed by atoms with Crippen LogP contribution in [0.15, 0.2) is 17.0 Å². The molecule has 0 spiro atoms. The molecule has 32 heavy (non-hydrogen) atoms. The zero-order valence-corrected chi connectivity index (χ0v) is 20.9. The van der Waals surface area contributed by atoms with Crippen molar-refractivity contribution < 1.29 is 17.9 Å². The van der Waals surface area contributed by atoms with Gasteiger partial charge in [0.25, 0.3) is 0 Å². The van der Waals surface area contributed by atoms with Crippen LogP contribution >= 0.6 is 0 Å². The number of carbonyl (C=O) groups is 1. The van der Waals surface area contributed by atoms with Crippen molar-refractivity contribution in [2.24, 2.45) is 5.92 Å². The summed E-state index contributed by atoms with van der Waals surface area (Å²) in [5.41, 5.74) is 2.58. The van der Waals surface area contributed by atoms with Gasteiger partial charge in [0.1, 0.15) is 0 Å². The molecule has 0 bridgehead atoms. The molecule has 2 saturated heterocycles. The van der Waals surface area contributed by atoms with Crippen molar-refractivity contribution in [3.8, 4) is 0 Å². The van der Waals surface area contributed by atoms with E-state index in [2.05, 4.69) is 24.1 Å². The minimum atomic E-state index is -3.59. The largest absolute Gasteiger partial charge is 0.374 e. The first-order valence-corrected chi connectivity index (χ1v) is 13.0. The monoisotopic (exact) mass is 466 g/mol. The van der Waals surface area contributed by atoms with E-state index in [4.69, 9.17) is 4.74 Å². The summed E-state index contributed by atoms with van der Waals surface area (Å²) >= 11 is 0. The molecule has 0 radical (unpaired) electrons. The van der Waals surface area contributed by atoms with Crippen LogP contribution in [0.3, 0.4) is 0 Å². The van der Waals surface area contributed by atoms with Gasteiger partial charge in [-0.25, -0.2) is 13.2 Å². The molecule has 2 aliphatic rings. The summed E-state index contributed by atoms with van der Waals surface area (Å²) in [5, 5.41) is 2.97. The summed E-state index contributed by atoms with van der Waals surface area (Å²) in [7, 11) is -3.59. The van der Waals surface area contributed by atoms with E-state index < -0.39 is 10.0 Å². The van der Waals surface area contributed by atoms with Crippen molar-refractivity contribution in [2.75, 3.05) is 59.0 Å². The Labute approximate surface area is 192 Å². The molecule has 2 heterocycles. The Morgan fingerprint density at radius 2 is 1.72 bits per heavy atom. The average molecular weight is 467 g/mol. The summed E-state index contributed by atoms with van der Waals surface area (Å²) in [6.07, 6.45) is -0.0133. The van der Waals surface area contributed by atoms with Crippen LogP contribution in [0.25, 0.3) is 0 Å². The Bertz CT molecular complexity index is 888. The maximum absolute atomic E-state index is 13.2. The number of piperazine rings is 1. The highest BCUT2D eigenvalue weighted by Gasteiger charge is 2.32. The molecule has 9 heteroatoms. The zero-order chi connectivity index (χ0) is 23.5. The number of nitrogens with zero attached hydrogens (tertiary/aromatic N) is 3. The Morgan fingerprint density at radius 1 is 1.09 bits per heavy atom. The summed E-state index contributed by atoms with van der Waals surface area (Å²) < 4.78 is 33.8. The number of hydrogen-bond acceptors (Lipinski definition) is 5. The molecule has 180 valence electrons. The number of hydrogen-bond donors (Lipinski definition) is 1. The molecular formula is C23H38N4O4S. The second-order valence-corrected chi connectivity index (χ2v) is 11.3. The SMILES string of the molecule is Cc1cc(C)c(S(=O)(=O)N2CCN(C(=O)NCC3CN(CC(C)C)CCO3)CC2)c(C)c1. The van der Waals surface area contributed by atoms with E-state index in [9.17, 15) is 13.2 Å². The fourth-order valence-corrected chi connectivity index (χ4v) is 6.57. The van der Waals surface area contributed by atoms with Crippen LogP contribution < -0.4 is 5.32 Å². The highest BCUT2D eigenvalue weighted by molar-refractivity contribution is 7.89. The van der Waals surface area contributed by atoms with Gasteiger partial charge in [0.15, 0.2) is 0 Å². The summed E-state index contributed by atoms with van der Waals surface area (Å²) in [5.74, 6) is 0.600. The predicted molar refractivity (Wildman–Crippen MR) is 125 cm³/mol. The normalized spacial score (nSPS) is 21.2. The van der Waals surface area contributed by atoms with Gasteiger partial charge in [-0.15, -0.1) is 0 Å². The van der Waals surface area contributed by atoms with E-state index in [1.807, 2.05) is 32.9 Å². The molecule has 0 saturated carbocycles. The van der Waals surface area contributed by atoms with Crippen LogP contribution in [0, 0.1) is 26.7 Å². The van der Waals surface area contributed by atoms with Crippen molar-refractivity contribution in [2.45, 2.75) is 45.6 Å². The average Bonchev–Trinajstić information content (AvgIpc) is 2.71. The fourth-order valence-electron chi connectivity index (χ4n) is 4.73. The minimum absolute atomic E-state index is 0.0133. The molecule has 1 unspecified atom stereocenters. The zero-order valence-electron chi connectivity index (χ0n) is 20.1. The van der Waals surface area contributed by atoms with Crippen LogP contribution in [0.2, 0.25) is 0 Å². The lowest BCUT2D eigenvalue weighted by Crippen LogP contribution is -2.55. The smallest absolute Gasteiger partial charge is 0.317 e. The highest BCUT2D eigenvalue weighted by atomic mass is 32.2. The number of nitrogens with one attached hydrogen (secondary N) is 1. The number of amides is 2.